The number of hydrogen-bond donors (Lipinski definition) is 2. The monoisotopic (exact) mass is 384 g/mol. The van der Waals surface area contributed by atoms with Crippen LogP contribution in [0.1, 0.15) is 22.8 Å². The molecule has 148 valence electrons. The van der Waals surface area contributed by atoms with Crippen LogP contribution in [0.2, 0.25) is 0 Å². The summed E-state index contributed by atoms with van der Waals surface area (Å²) >= 11 is 0. The number of ether oxygens (including phenoxy) is 2. The fourth-order valence-corrected chi connectivity index (χ4v) is 2.91. The zero-order valence-corrected chi connectivity index (χ0v) is 16.0. The second-order valence-electron chi connectivity index (χ2n) is 6.70. The summed E-state index contributed by atoms with van der Waals surface area (Å²) in [5, 5.41) is 12.6. The molecule has 0 saturated carbocycles. The first-order valence-electron chi connectivity index (χ1n) is 9.18. The molecule has 7 heteroatoms. The molecule has 3 rings (SSSR count). The molecule has 2 aromatic rings. The van der Waals surface area contributed by atoms with E-state index in [2.05, 4.69) is 10.2 Å². The Labute approximate surface area is 163 Å². The summed E-state index contributed by atoms with van der Waals surface area (Å²) in [4.78, 5) is 26.7. The Balaban J connectivity index is 1.56. The lowest BCUT2D eigenvalue weighted by Crippen LogP contribution is -2.36. The van der Waals surface area contributed by atoms with Gasteiger partial charge >= 0.3 is 5.97 Å². The molecule has 0 aliphatic carbocycles. The van der Waals surface area contributed by atoms with Crippen molar-refractivity contribution in [3.63, 3.8) is 0 Å². The van der Waals surface area contributed by atoms with Gasteiger partial charge in [0.1, 0.15) is 11.3 Å². The molecule has 1 atom stereocenters. The first kappa shape index (κ1) is 19.7. The van der Waals surface area contributed by atoms with E-state index in [0.29, 0.717) is 18.9 Å². The molecular weight excluding hydrogens is 360 g/mol. The number of amides is 1. The van der Waals surface area contributed by atoms with Crippen molar-refractivity contribution >= 4 is 23.3 Å². The molecule has 0 aromatic heterocycles. The van der Waals surface area contributed by atoms with Crippen molar-refractivity contribution in [2.24, 2.45) is 0 Å². The molecule has 0 spiro atoms. The number of benzene rings is 2. The summed E-state index contributed by atoms with van der Waals surface area (Å²) in [6, 6.07) is 12.1. The molecule has 2 aromatic carbocycles. The Morgan fingerprint density at radius 2 is 1.82 bits per heavy atom. The number of phenols is 1. The molecule has 0 radical (unpaired) electrons. The minimum atomic E-state index is -1.01. The average molecular weight is 384 g/mol. The maximum absolute atomic E-state index is 12.3. The van der Waals surface area contributed by atoms with Gasteiger partial charge in [0.25, 0.3) is 5.91 Å². The van der Waals surface area contributed by atoms with Crippen molar-refractivity contribution in [3.05, 3.63) is 53.6 Å². The predicted octanol–water partition coefficient (Wildman–Crippen LogP) is 2.72. The molecular formula is C21H24N2O5. The first-order valence-corrected chi connectivity index (χ1v) is 9.18. The number of aromatic hydroxyl groups is 1. The Bertz CT molecular complexity index is 844. The van der Waals surface area contributed by atoms with E-state index in [0.717, 1.165) is 24.3 Å². The highest BCUT2D eigenvalue weighted by atomic mass is 16.5. The number of carbonyl (C=O) groups excluding carboxylic acids is 2. The zero-order valence-electron chi connectivity index (χ0n) is 16.0. The van der Waals surface area contributed by atoms with Gasteiger partial charge in [0.15, 0.2) is 6.10 Å². The summed E-state index contributed by atoms with van der Waals surface area (Å²) < 4.78 is 10.5. The molecule has 1 saturated heterocycles. The number of phenolic OH excluding ortho intramolecular Hbond substituents is 1. The van der Waals surface area contributed by atoms with Gasteiger partial charge in [-0.05, 0) is 55.8 Å². The fraction of sp³-hybridized carbons (Fsp3) is 0.333. The van der Waals surface area contributed by atoms with Crippen molar-refractivity contribution in [1.82, 2.24) is 0 Å². The van der Waals surface area contributed by atoms with E-state index in [4.69, 9.17) is 9.47 Å². The molecule has 2 N–H and O–H groups in total. The Hall–Kier alpha value is -3.06. The molecule has 28 heavy (non-hydrogen) atoms. The second kappa shape index (κ2) is 8.75. The van der Waals surface area contributed by atoms with Gasteiger partial charge in [-0.15, -0.1) is 0 Å². The summed E-state index contributed by atoms with van der Waals surface area (Å²) in [5.41, 5.74) is 2.53. The quantitative estimate of drug-likeness (QED) is 0.771. The lowest BCUT2D eigenvalue weighted by Gasteiger charge is -2.28. The third kappa shape index (κ3) is 4.80. The van der Waals surface area contributed by atoms with Gasteiger partial charge in [-0.25, -0.2) is 4.79 Å². The molecule has 1 fully saturated rings. The fourth-order valence-electron chi connectivity index (χ4n) is 2.91. The molecule has 1 amide bonds. The first-order chi connectivity index (χ1) is 13.4. The van der Waals surface area contributed by atoms with Crippen molar-refractivity contribution in [2.75, 3.05) is 36.5 Å². The lowest BCUT2D eigenvalue weighted by atomic mass is 10.1. The van der Waals surface area contributed by atoms with Crippen LogP contribution >= 0.6 is 0 Å². The number of carbonyl (C=O) groups is 2. The third-order valence-electron chi connectivity index (χ3n) is 4.54. The van der Waals surface area contributed by atoms with Gasteiger partial charge in [-0.1, -0.05) is 6.07 Å². The van der Waals surface area contributed by atoms with Crippen LogP contribution in [0.4, 0.5) is 11.4 Å². The van der Waals surface area contributed by atoms with E-state index in [1.807, 2.05) is 24.3 Å². The van der Waals surface area contributed by atoms with E-state index in [-0.39, 0.29) is 11.3 Å². The van der Waals surface area contributed by atoms with Crippen molar-refractivity contribution < 1.29 is 24.2 Å². The van der Waals surface area contributed by atoms with E-state index in [1.54, 1.807) is 13.0 Å². The number of anilines is 2. The van der Waals surface area contributed by atoms with Crippen LogP contribution < -0.4 is 10.2 Å². The number of nitrogens with one attached hydrogen (secondary N) is 1. The summed E-state index contributed by atoms with van der Waals surface area (Å²) in [6.07, 6.45) is -1.01. The van der Waals surface area contributed by atoms with E-state index >= 15 is 0 Å². The summed E-state index contributed by atoms with van der Waals surface area (Å²) in [5.74, 6) is -1.36. The molecule has 0 unspecified atom stereocenters. The second-order valence-corrected chi connectivity index (χ2v) is 6.70. The van der Waals surface area contributed by atoms with Crippen molar-refractivity contribution in [3.8, 4) is 5.75 Å². The maximum Gasteiger partial charge on any atom is 0.342 e. The number of esters is 1. The standard InChI is InChI=1S/C21H24N2O5/c1-14-3-8-18(19(24)13-14)21(26)28-15(2)20(25)22-16-4-6-17(7-5-16)23-9-11-27-12-10-23/h3-8,13,15,24H,9-12H2,1-2H3,(H,22,25)/t15-/m0/s1. The number of morpholine rings is 1. The highest BCUT2D eigenvalue weighted by molar-refractivity contribution is 5.98. The minimum absolute atomic E-state index is 0.0279. The van der Waals surface area contributed by atoms with Crippen LogP contribution in [-0.2, 0) is 14.3 Å². The van der Waals surface area contributed by atoms with Gasteiger partial charge in [0.2, 0.25) is 0 Å². The average Bonchev–Trinajstić information content (AvgIpc) is 2.69. The predicted molar refractivity (Wildman–Crippen MR) is 106 cm³/mol. The van der Waals surface area contributed by atoms with Crippen LogP contribution in [0.15, 0.2) is 42.5 Å². The molecule has 1 aliphatic heterocycles. The van der Waals surface area contributed by atoms with Gasteiger partial charge in [-0.3, -0.25) is 4.79 Å². The number of rotatable bonds is 5. The van der Waals surface area contributed by atoms with Gasteiger partial charge in [0.05, 0.1) is 13.2 Å². The van der Waals surface area contributed by atoms with Gasteiger partial charge in [0, 0.05) is 24.5 Å². The third-order valence-corrected chi connectivity index (χ3v) is 4.54. The van der Waals surface area contributed by atoms with Crippen LogP contribution in [-0.4, -0.2) is 49.4 Å². The van der Waals surface area contributed by atoms with Crippen molar-refractivity contribution in [1.29, 1.82) is 0 Å². The smallest absolute Gasteiger partial charge is 0.342 e. The minimum Gasteiger partial charge on any atom is -0.507 e. The highest BCUT2D eigenvalue weighted by Gasteiger charge is 2.21. The molecule has 1 heterocycles. The molecule has 1 aliphatic rings. The largest absolute Gasteiger partial charge is 0.507 e. The highest BCUT2D eigenvalue weighted by Crippen LogP contribution is 2.21. The molecule has 0 bridgehead atoms. The number of nitrogens with zero attached hydrogens (tertiary/aromatic N) is 1. The SMILES string of the molecule is Cc1ccc(C(=O)O[C@@H](C)C(=O)Nc2ccc(N3CCOCC3)cc2)c(O)c1. The van der Waals surface area contributed by atoms with E-state index in [1.165, 1.54) is 19.1 Å². The Morgan fingerprint density at radius 1 is 1.14 bits per heavy atom. The van der Waals surface area contributed by atoms with Crippen LogP contribution in [0.25, 0.3) is 0 Å². The maximum atomic E-state index is 12.3. The Morgan fingerprint density at radius 3 is 2.46 bits per heavy atom. The van der Waals surface area contributed by atoms with Crippen LogP contribution in [0.3, 0.4) is 0 Å². The normalized spacial score (nSPS) is 15.0. The lowest BCUT2D eigenvalue weighted by molar-refractivity contribution is -0.123. The number of aryl methyl sites for hydroxylation is 1. The topological polar surface area (TPSA) is 88.1 Å². The molecule has 7 nitrogen and oxygen atoms in total. The zero-order chi connectivity index (χ0) is 20.1. The summed E-state index contributed by atoms with van der Waals surface area (Å²) in [6.45, 7) is 6.38. The van der Waals surface area contributed by atoms with E-state index < -0.39 is 18.0 Å². The van der Waals surface area contributed by atoms with Crippen molar-refractivity contribution in [2.45, 2.75) is 20.0 Å². The number of hydrogen-bond acceptors (Lipinski definition) is 6. The van der Waals surface area contributed by atoms with Crippen LogP contribution in [0.5, 0.6) is 5.75 Å². The van der Waals surface area contributed by atoms with E-state index in [9.17, 15) is 14.7 Å². The van der Waals surface area contributed by atoms with Gasteiger partial charge < -0.3 is 24.8 Å². The van der Waals surface area contributed by atoms with Crippen LogP contribution in [0, 0.1) is 6.92 Å². The Kier molecular flexibility index (Phi) is 6.16. The summed E-state index contributed by atoms with van der Waals surface area (Å²) in [7, 11) is 0. The van der Waals surface area contributed by atoms with Gasteiger partial charge in [-0.2, -0.15) is 0 Å².